The lowest BCUT2D eigenvalue weighted by atomic mass is 9.48. The number of ether oxygens (including phenoxy) is 6. The first kappa shape index (κ1) is 102. The molecule has 38 fully saturated rings. The van der Waals surface area contributed by atoms with Crippen LogP contribution in [0.15, 0.2) is 0 Å². The Morgan fingerprint density at radius 1 is 0.247 bits per heavy atom. The highest BCUT2D eigenvalue weighted by Gasteiger charge is 2.76. The summed E-state index contributed by atoms with van der Waals surface area (Å²) in [6.45, 7) is 27.5. The molecule has 0 radical (unpaired) electrons. The first-order chi connectivity index (χ1) is 72.3. The number of esters is 6. The van der Waals surface area contributed by atoms with E-state index in [1.165, 1.54) is 169 Å². The molecule has 36 bridgehead atoms. The number of hydrogen-bond donors (Lipinski definition) is 2. The molecule has 15 nitrogen and oxygen atoms in total. The number of hydrogen-bond acceptors (Lipinski definition) is 14. The lowest BCUT2D eigenvalue weighted by molar-refractivity contribution is -0.215. The van der Waals surface area contributed by atoms with E-state index in [0.29, 0.717) is 85.2 Å². The average Bonchev–Trinajstić information content (AvgIpc) is 1.42. The highest BCUT2D eigenvalue weighted by Crippen LogP contribution is 2.80. The second kappa shape index (κ2) is 37.1. The first-order valence-electron chi connectivity index (χ1n) is 66.0. The van der Waals surface area contributed by atoms with E-state index in [4.69, 9.17) is 33.5 Å². The summed E-state index contributed by atoms with van der Waals surface area (Å²) in [6.07, 6.45) is 56.5. The van der Waals surface area contributed by atoms with Crippen LogP contribution in [0.5, 0.6) is 0 Å². The zero-order valence-corrected chi connectivity index (χ0v) is 95.2. The summed E-state index contributed by atoms with van der Waals surface area (Å²) in [5.74, 6) is 53.4. The smallest absolute Gasteiger partial charge is 0.311 e. The van der Waals surface area contributed by atoms with Crippen molar-refractivity contribution in [2.45, 2.75) is 370 Å². The third-order valence-electron chi connectivity index (χ3n) is 60.9. The minimum Gasteiger partial charge on any atom is -0.481 e. The molecule has 38 aliphatic carbocycles. The number of methoxy groups -OCH3 is 3. The Kier molecular flexibility index (Phi) is 25.2. The number of aliphatic hydroxyl groups excluding tert-OH is 1. The molecular weight excluding hydrogens is 1860 g/mol. The molecule has 38 aliphatic rings. The van der Waals surface area contributed by atoms with Crippen LogP contribution in [-0.4, -0.2) is 97.7 Å². The fourth-order valence-corrected chi connectivity index (χ4v) is 56.8. The van der Waals surface area contributed by atoms with E-state index >= 15 is 0 Å². The molecule has 830 valence electrons. The van der Waals surface area contributed by atoms with Crippen molar-refractivity contribution in [3.63, 3.8) is 0 Å². The molecule has 38 rings (SSSR count). The molecule has 0 aromatic carbocycles. The monoisotopic (exact) mass is 2060 g/mol. The topological polar surface area (TPSA) is 215 Å². The van der Waals surface area contributed by atoms with Gasteiger partial charge in [0.05, 0.1) is 68.4 Å². The summed E-state index contributed by atoms with van der Waals surface area (Å²) in [5, 5.41) is 19.1. The van der Waals surface area contributed by atoms with E-state index in [2.05, 4.69) is 69.2 Å². The van der Waals surface area contributed by atoms with E-state index in [1.807, 2.05) is 6.92 Å². The highest BCUT2D eigenvalue weighted by molar-refractivity contribution is 5.80. The van der Waals surface area contributed by atoms with Gasteiger partial charge in [0, 0.05) is 19.4 Å². The molecule has 61 atom stereocenters. The van der Waals surface area contributed by atoms with E-state index in [0.717, 1.165) is 321 Å². The molecule has 0 heterocycles. The van der Waals surface area contributed by atoms with Gasteiger partial charge in [0.25, 0.3) is 0 Å². The van der Waals surface area contributed by atoms with Gasteiger partial charge in [-0.2, -0.15) is 0 Å². The predicted molar refractivity (Wildman–Crippen MR) is 573 cm³/mol. The summed E-state index contributed by atoms with van der Waals surface area (Å²) in [4.78, 5) is 88.1. The number of aliphatic hydroxyl groups is 1. The van der Waals surface area contributed by atoms with Crippen LogP contribution in [0.25, 0.3) is 0 Å². The van der Waals surface area contributed by atoms with Crippen LogP contribution in [0.4, 0.5) is 0 Å². The maximum Gasteiger partial charge on any atom is 0.311 e. The zero-order chi connectivity index (χ0) is 103. The number of carbonyl (C=O) groups excluding carboxylic acids is 6. The third kappa shape index (κ3) is 15.1. The molecule has 2 N–H and O–H groups in total. The quantitative estimate of drug-likeness (QED) is 0.112. The van der Waals surface area contributed by atoms with Crippen molar-refractivity contribution in [1.82, 2.24) is 0 Å². The summed E-state index contributed by atoms with van der Waals surface area (Å²) in [6, 6.07) is 0. The standard InChI is InChI=1S/C27H38O4.C26H36O4.C17H26O2.2C16H24O2.C12H18.C11H18O.C10H16/c1-13-14(2)19-7-18(13)22-17-5-20(23(19)22)21(6-17)24(28)31-27-10-15-4-16(11-27)9-26(8-15,12-27)25(29)30-3;1-12-13(2)18-6-17(12)21-16-4-19(22(18)21)20(5-16)23(27)30-26-9-14-3-15(10-26)8-25(7-14,11-26)24(28)29;1-4-19-17(18)14-6-10-5-13(14)16-12-7-11(15(10)16)8(2)9(12)3;2*1-7-8(2)11-6-10(7)14-9-4-12(15(11)14)13(5-9)16(17)18-3;1-2-8-5-7(1)11-9-3-4-10(6-9)12(8)11;12-6-7-3-10-8-1-2-9(5-8)11(10)4-7;1-2-9-7-4-5-8(6-7)10(9)3-1/h13-23H,4-12H2,1-3H3;12-22H,3-11H2,1-2H3,(H,28,29);8-16H,4-7H2,1-3H3;2*7-15H,4-6H2,1-3H3;2*7-12H,1-6H2;7-10H,1-6H2. The molecule has 61 unspecified atom stereocenters. The number of carbonyl (C=O) groups is 7. The minimum absolute atomic E-state index is 0.0481. The Morgan fingerprint density at radius 3 is 0.800 bits per heavy atom. The van der Waals surface area contributed by atoms with Gasteiger partial charge in [-0.25, -0.2) is 0 Å². The van der Waals surface area contributed by atoms with Crippen molar-refractivity contribution >= 4 is 41.8 Å². The SMILES string of the molecule is C1CC2C3CCC(C3)C2C1.C1CC2CC1C1C3CCC(C3)C21.CC1C(C)C2CC1C1C3CC(C(=O)OC45CC6CC(C4)CC(C(=O)O)(C6)C5)C(C3)C21.CCOC(=O)C1CC2CC1C1C3CC(C(C)C3C)C21.COC(=O)C12CC3CC(CC(OC(=O)C4CC5CC4C4C6CC(C(C)C6C)C54)(C3)C1)C2.COC(=O)C1CC2CC1C1C3CC(C(C)C3C)C21.COC(=O)C1CC2CC1C1C3CC(C(C)C3C)C21.OCC1CC2C3CCC(C3)C2C1. The van der Waals surface area contributed by atoms with Crippen molar-refractivity contribution in [3.8, 4) is 0 Å². The van der Waals surface area contributed by atoms with Gasteiger partial charge in [-0.1, -0.05) is 75.7 Å². The van der Waals surface area contributed by atoms with Crippen molar-refractivity contribution in [2.75, 3.05) is 34.5 Å². The number of aliphatic carboxylic acids is 1. The highest BCUT2D eigenvalue weighted by atomic mass is 16.6. The zero-order valence-electron chi connectivity index (χ0n) is 95.2. The van der Waals surface area contributed by atoms with Crippen molar-refractivity contribution in [3.05, 3.63) is 0 Å². The van der Waals surface area contributed by atoms with Gasteiger partial charge >= 0.3 is 41.8 Å². The van der Waals surface area contributed by atoms with Crippen LogP contribution >= 0.6 is 0 Å². The number of carboxylic acid groups (broad SMARTS) is 1. The average molecular weight is 2060 g/mol. The second-order valence-electron chi connectivity index (χ2n) is 64.6. The molecule has 0 amide bonds. The molecule has 150 heavy (non-hydrogen) atoms. The lowest BCUT2D eigenvalue weighted by Crippen LogP contribution is -2.60. The van der Waals surface area contributed by atoms with Crippen molar-refractivity contribution in [1.29, 1.82) is 0 Å². The van der Waals surface area contributed by atoms with Crippen LogP contribution < -0.4 is 0 Å². The Bertz CT molecular complexity index is 4990. The van der Waals surface area contributed by atoms with Crippen molar-refractivity contribution in [2.24, 2.45) is 390 Å². The van der Waals surface area contributed by atoms with Crippen LogP contribution in [-0.2, 0) is 62.0 Å². The van der Waals surface area contributed by atoms with Gasteiger partial charge in [0.15, 0.2) is 0 Å². The van der Waals surface area contributed by atoms with Crippen LogP contribution in [0.1, 0.15) is 359 Å². The summed E-state index contributed by atoms with van der Waals surface area (Å²) in [7, 11) is 4.62. The van der Waals surface area contributed by atoms with Crippen molar-refractivity contribution < 1.29 is 72.2 Å². The maximum absolute atomic E-state index is 13.7. The number of rotatable bonds is 11. The van der Waals surface area contributed by atoms with Gasteiger partial charge in [-0.3, -0.25) is 33.6 Å². The molecule has 0 spiro atoms. The van der Waals surface area contributed by atoms with Crippen LogP contribution in [0.2, 0.25) is 0 Å². The van der Waals surface area contributed by atoms with Gasteiger partial charge < -0.3 is 38.6 Å². The molecule has 38 saturated carbocycles. The fraction of sp³-hybridized carbons (Fsp3) is 0.948. The fourth-order valence-electron chi connectivity index (χ4n) is 56.8. The number of carboxylic acids is 1. The molecule has 0 aliphatic heterocycles. The van der Waals surface area contributed by atoms with Crippen LogP contribution in [0, 0.1) is 390 Å². The van der Waals surface area contributed by atoms with Gasteiger partial charge in [-0.15, -0.1) is 0 Å². The molecule has 0 saturated heterocycles. The van der Waals surface area contributed by atoms with E-state index in [9.17, 15) is 38.7 Å². The van der Waals surface area contributed by atoms with Crippen LogP contribution in [0.3, 0.4) is 0 Å². The first-order valence-corrected chi connectivity index (χ1v) is 66.0. The molecular formula is C135H200O15. The molecule has 0 aromatic heterocycles. The summed E-state index contributed by atoms with van der Waals surface area (Å²) in [5.41, 5.74) is -1.89. The summed E-state index contributed by atoms with van der Waals surface area (Å²) >= 11 is 0. The maximum atomic E-state index is 13.7. The Morgan fingerprint density at radius 2 is 0.513 bits per heavy atom. The third-order valence-corrected chi connectivity index (χ3v) is 60.9. The Hall–Kier alpha value is -3.75. The molecule has 0 aromatic rings. The second-order valence-corrected chi connectivity index (χ2v) is 64.6. The normalized spacial score (nSPS) is 60.0. The van der Waals surface area contributed by atoms with Gasteiger partial charge in [-0.05, 0) is 619 Å². The van der Waals surface area contributed by atoms with Gasteiger partial charge in [0.1, 0.15) is 11.2 Å². The molecule has 15 heteroatoms. The largest absolute Gasteiger partial charge is 0.481 e. The van der Waals surface area contributed by atoms with Gasteiger partial charge in [0.2, 0.25) is 0 Å². The Labute approximate surface area is 902 Å². The van der Waals surface area contributed by atoms with E-state index < -0.39 is 28.0 Å². The number of fused-ring (bicyclic) bond motifs is 64. The van der Waals surface area contributed by atoms with E-state index in [1.54, 1.807) is 91.3 Å². The Balaban J connectivity index is 0.0000000826. The summed E-state index contributed by atoms with van der Waals surface area (Å²) < 4.78 is 33.6. The minimum atomic E-state index is -0.648. The van der Waals surface area contributed by atoms with E-state index in [-0.39, 0.29) is 65.4 Å². The lowest BCUT2D eigenvalue weighted by Gasteiger charge is -2.60. The predicted octanol–water partition coefficient (Wildman–Crippen LogP) is 26.9.